The van der Waals surface area contributed by atoms with Crippen LogP contribution in [-0.2, 0) is 6.42 Å². The minimum absolute atomic E-state index is 0.390. The van der Waals surface area contributed by atoms with E-state index in [0.717, 1.165) is 44.2 Å². The lowest BCUT2D eigenvalue weighted by Gasteiger charge is -2.40. The third kappa shape index (κ3) is 3.63. The Hall–Kier alpha value is -0.830. The molecule has 0 saturated heterocycles. The lowest BCUT2D eigenvalue weighted by Crippen LogP contribution is -2.38. The molecule has 0 amide bonds. The SMILES string of the molecule is CCC(CC)n1ccc(CC2(O)CCC(C)(C)CC2)n1. The zero-order valence-corrected chi connectivity index (χ0v) is 13.5. The lowest BCUT2D eigenvalue weighted by atomic mass is 9.70. The van der Waals surface area contributed by atoms with E-state index in [1.807, 2.05) is 0 Å². The smallest absolute Gasteiger partial charge is 0.0704 e. The quantitative estimate of drug-likeness (QED) is 0.880. The van der Waals surface area contributed by atoms with Crippen molar-refractivity contribution in [3.8, 4) is 0 Å². The summed E-state index contributed by atoms with van der Waals surface area (Å²) >= 11 is 0. The number of nitrogens with zero attached hydrogens (tertiary/aromatic N) is 2. The Labute approximate surface area is 123 Å². The summed E-state index contributed by atoms with van der Waals surface area (Å²) in [4.78, 5) is 0. The second-order valence-electron chi connectivity index (χ2n) is 7.32. The minimum atomic E-state index is -0.539. The third-order valence-corrected chi connectivity index (χ3v) is 5.02. The first-order valence-electron chi connectivity index (χ1n) is 8.14. The standard InChI is InChI=1S/C17H30N2O/c1-5-15(6-2)19-12-7-14(18-19)13-17(20)10-8-16(3,4)9-11-17/h7,12,15,20H,5-6,8-11,13H2,1-4H3. The molecule has 2 rings (SSSR count). The number of hydrogen-bond acceptors (Lipinski definition) is 2. The van der Waals surface area contributed by atoms with Crippen LogP contribution >= 0.6 is 0 Å². The maximum Gasteiger partial charge on any atom is 0.0704 e. The van der Waals surface area contributed by atoms with E-state index in [1.54, 1.807) is 0 Å². The Morgan fingerprint density at radius 2 is 1.80 bits per heavy atom. The van der Waals surface area contributed by atoms with E-state index >= 15 is 0 Å². The largest absolute Gasteiger partial charge is 0.389 e. The number of aromatic nitrogens is 2. The molecule has 1 aliphatic rings. The van der Waals surface area contributed by atoms with Gasteiger partial charge < -0.3 is 5.11 Å². The summed E-state index contributed by atoms with van der Waals surface area (Å²) in [5, 5.41) is 15.5. The highest BCUT2D eigenvalue weighted by Gasteiger charge is 2.37. The lowest BCUT2D eigenvalue weighted by molar-refractivity contribution is -0.0259. The Morgan fingerprint density at radius 1 is 1.20 bits per heavy atom. The topological polar surface area (TPSA) is 38.0 Å². The van der Waals surface area contributed by atoms with E-state index in [0.29, 0.717) is 17.9 Å². The second kappa shape index (κ2) is 5.88. The Balaban J connectivity index is 2.00. The predicted octanol–water partition coefficient (Wildman–Crippen LogP) is 4.12. The molecule has 1 aromatic heterocycles. The predicted molar refractivity (Wildman–Crippen MR) is 82.7 cm³/mol. The first kappa shape index (κ1) is 15.6. The van der Waals surface area contributed by atoms with Gasteiger partial charge in [-0.2, -0.15) is 5.10 Å². The van der Waals surface area contributed by atoms with Crippen LogP contribution in [0, 0.1) is 5.41 Å². The first-order chi connectivity index (χ1) is 9.37. The molecular weight excluding hydrogens is 248 g/mol. The van der Waals surface area contributed by atoms with Crippen LogP contribution in [0.25, 0.3) is 0 Å². The van der Waals surface area contributed by atoms with Gasteiger partial charge in [-0.3, -0.25) is 4.68 Å². The zero-order chi connectivity index (χ0) is 14.8. The molecule has 1 aromatic rings. The molecule has 3 heteroatoms. The van der Waals surface area contributed by atoms with Crippen molar-refractivity contribution in [1.29, 1.82) is 0 Å². The molecule has 0 atom stereocenters. The van der Waals surface area contributed by atoms with E-state index < -0.39 is 5.60 Å². The van der Waals surface area contributed by atoms with E-state index in [-0.39, 0.29) is 0 Å². The van der Waals surface area contributed by atoms with Crippen LogP contribution in [0.3, 0.4) is 0 Å². The fraction of sp³-hybridized carbons (Fsp3) is 0.824. The molecule has 20 heavy (non-hydrogen) atoms. The Kier molecular flexibility index (Phi) is 4.58. The van der Waals surface area contributed by atoms with Gasteiger partial charge in [0.1, 0.15) is 0 Å². The second-order valence-corrected chi connectivity index (χ2v) is 7.32. The highest BCUT2D eigenvalue weighted by atomic mass is 16.3. The van der Waals surface area contributed by atoms with Crippen LogP contribution in [0.2, 0.25) is 0 Å². The summed E-state index contributed by atoms with van der Waals surface area (Å²) in [5.74, 6) is 0. The van der Waals surface area contributed by atoms with Crippen LogP contribution in [-0.4, -0.2) is 20.5 Å². The van der Waals surface area contributed by atoms with Gasteiger partial charge in [0.05, 0.1) is 17.3 Å². The van der Waals surface area contributed by atoms with Crippen molar-refractivity contribution in [3.05, 3.63) is 18.0 Å². The van der Waals surface area contributed by atoms with Gasteiger partial charge >= 0.3 is 0 Å². The maximum atomic E-state index is 10.8. The van der Waals surface area contributed by atoms with Crippen molar-refractivity contribution >= 4 is 0 Å². The fourth-order valence-corrected chi connectivity index (χ4v) is 3.24. The van der Waals surface area contributed by atoms with Gasteiger partial charge in [0.2, 0.25) is 0 Å². The molecule has 0 unspecified atom stereocenters. The van der Waals surface area contributed by atoms with E-state index in [4.69, 9.17) is 0 Å². The summed E-state index contributed by atoms with van der Waals surface area (Å²) in [5.41, 5.74) is 0.892. The molecule has 0 radical (unpaired) electrons. The van der Waals surface area contributed by atoms with Gasteiger partial charge in [-0.05, 0) is 50.0 Å². The highest BCUT2D eigenvalue weighted by Crippen LogP contribution is 2.41. The Bertz CT molecular complexity index is 422. The molecule has 3 nitrogen and oxygen atoms in total. The van der Waals surface area contributed by atoms with Crippen molar-refractivity contribution in [1.82, 2.24) is 9.78 Å². The molecule has 0 aromatic carbocycles. The van der Waals surface area contributed by atoms with Gasteiger partial charge in [0, 0.05) is 12.6 Å². The molecule has 0 bridgehead atoms. The molecule has 0 aliphatic heterocycles. The van der Waals surface area contributed by atoms with Crippen molar-refractivity contribution in [2.24, 2.45) is 5.41 Å². The van der Waals surface area contributed by atoms with Gasteiger partial charge in [-0.25, -0.2) is 0 Å². The average molecular weight is 278 g/mol. The van der Waals surface area contributed by atoms with Gasteiger partial charge in [-0.15, -0.1) is 0 Å². The van der Waals surface area contributed by atoms with Crippen molar-refractivity contribution in [3.63, 3.8) is 0 Å². The fourth-order valence-electron chi connectivity index (χ4n) is 3.24. The van der Waals surface area contributed by atoms with Crippen molar-refractivity contribution < 1.29 is 5.11 Å². The minimum Gasteiger partial charge on any atom is -0.389 e. The van der Waals surface area contributed by atoms with E-state index in [1.165, 1.54) is 0 Å². The molecule has 1 fully saturated rings. The number of hydrogen-bond donors (Lipinski definition) is 1. The summed E-state index contributed by atoms with van der Waals surface area (Å²) in [6.45, 7) is 9.00. The zero-order valence-electron chi connectivity index (χ0n) is 13.5. The summed E-state index contributed by atoms with van der Waals surface area (Å²) in [6.07, 6.45) is 9.01. The average Bonchev–Trinajstić information content (AvgIpc) is 2.84. The van der Waals surface area contributed by atoms with Gasteiger partial charge in [-0.1, -0.05) is 27.7 Å². The van der Waals surface area contributed by atoms with Crippen LogP contribution in [0.4, 0.5) is 0 Å². The van der Waals surface area contributed by atoms with E-state index in [9.17, 15) is 5.11 Å². The number of rotatable bonds is 5. The van der Waals surface area contributed by atoms with Crippen LogP contribution in [0.15, 0.2) is 12.3 Å². The van der Waals surface area contributed by atoms with E-state index in [2.05, 4.69) is 49.7 Å². The molecule has 1 heterocycles. The third-order valence-electron chi connectivity index (χ3n) is 5.02. The van der Waals surface area contributed by atoms with Crippen LogP contribution in [0.5, 0.6) is 0 Å². The first-order valence-corrected chi connectivity index (χ1v) is 8.14. The van der Waals surface area contributed by atoms with Crippen molar-refractivity contribution in [2.75, 3.05) is 0 Å². The van der Waals surface area contributed by atoms with Crippen molar-refractivity contribution in [2.45, 2.75) is 84.3 Å². The molecule has 1 saturated carbocycles. The van der Waals surface area contributed by atoms with Crippen LogP contribution in [0.1, 0.15) is 78.0 Å². The monoisotopic (exact) mass is 278 g/mol. The van der Waals surface area contributed by atoms with Gasteiger partial charge in [0.25, 0.3) is 0 Å². The van der Waals surface area contributed by atoms with Gasteiger partial charge in [0.15, 0.2) is 0 Å². The normalized spacial score (nSPS) is 21.3. The highest BCUT2D eigenvalue weighted by molar-refractivity contribution is 5.06. The molecule has 114 valence electrons. The molecular formula is C17H30N2O. The molecule has 1 aliphatic carbocycles. The van der Waals surface area contributed by atoms with Crippen LogP contribution < -0.4 is 0 Å². The summed E-state index contributed by atoms with van der Waals surface area (Å²) in [7, 11) is 0. The number of aliphatic hydroxyl groups is 1. The summed E-state index contributed by atoms with van der Waals surface area (Å²) < 4.78 is 2.07. The maximum absolute atomic E-state index is 10.8. The molecule has 0 spiro atoms. The molecule has 1 N–H and O–H groups in total. The summed E-state index contributed by atoms with van der Waals surface area (Å²) in [6, 6.07) is 2.57. The Morgan fingerprint density at radius 3 is 2.35 bits per heavy atom.